The molecule has 0 bridgehead atoms. The molecule has 0 amide bonds. The summed E-state index contributed by atoms with van der Waals surface area (Å²) in [4.78, 5) is 2.07. The molecule has 0 aliphatic carbocycles. The van der Waals surface area contributed by atoms with Gasteiger partial charge >= 0.3 is 0 Å². The van der Waals surface area contributed by atoms with Crippen molar-refractivity contribution < 1.29 is 13.2 Å². The molecule has 1 aliphatic rings. The van der Waals surface area contributed by atoms with Gasteiger partial charge in [0.2, 0.25) is 0 Å². The third-order valence-corrected chi connectivity index (χ3v) is 5.28. The van der Waals surface area contributed by atoms with Crippen molar-refractivity contribution >= 4 is 15.5 Å². The Bertz CT molecular complexity index is 544. The van der Waals surface area contributed by atoms with Crippen LogP contribution in [-0.4, -0.2) is 58.1 Å². The molecule has 0 radical (unpaired) electrons. The second-order valence-electron chi connectivity index (χ2n) is 5.75. The van der Waals surface area contributed by atoms with Gasteiger partial charge < -0.3 is 15.0 Å². The summed E-state index contributed by atoms with van der Waals surface area (Å²) in [7, 11) is 1.22. The van der Waals surface area contributed by atoms with E-state index >= 15 is 0 Å². The summed E-state index contributed by atoms with van der Waals surface area (Å²) in [5.74, 6) is 1.40. The van der Waals surface area contributed by atoms with E-state index in [-0.39, 0.29) is 17.5 Å². The van der Waals surface area contributed by atoms with Gasteiger partial charge in [0, 0.05) is 24.3 Å². The molecule has 0 aromatic heterocycles. The molecule has 0 atom stereocenters. The van der Waals surface area contributed by atoms with Crippen molar-refractivity contribution in [2.75, 3.05) is 44.1 Å². The Balaban J connectivity index is 1.86. The van der Waals surface area contributed by atoms with Gasteiger partial charge in [0.15, 0.2) is 0 Å². The number of hydrogen-bond acceptors (Lipinski definition) is 5. The molecule has 0 unspecified atom stereocenters. The van der Waals surface area contributed by atoms with Gasteiger partial charge in [0.05, 0.1) is 11.5 Å². The second kappa shape index (κ2) is 7.13. The minimum Gasteiger partial charge on any atom is -0.492 e. The van der Waals surface area contributed by atoms with Crippen LogP contribution in [0.5, 0.6) is 5.75 Å². The van der Waals surface area contributed by atoms with E-state index in [2.05, 4.69) is 10.2 Å². The van der Waals surface area contributed by atoms with Gasteiger partial charge in [-0.2, -0.15) is 0 Å². The number of rotatable bonds is 6. The molecule has 0 saturated carbocycles. The highest BCUT2D eigenvalue weighted by Gasteiger charge is 2.23. The molecule has 1 aromatic rings. The van der Waals surface area contributed by atoms with E-state index < -0.39 is 9.84 Å². The Labute approximate surface area is 127 Å². The number of benzene rings is 1. The normalized spacial score (nSPS) is 18.6. The van der Waals surface area contributed by atoms with E-state index in [9.17, 15) is 8.42 Å². The summed E-state index contributed by atoms with van der Waals surface area (Å²) in [6, 6.07) is 8.07. The number of hydrogen-bond donors (Lipinski definition) is 1. The standard InChI is InChI=1S/C15H24N2O3S/c1-17(2)8-9-20-15-5-3-4-14(12-15)16-13-6-10-21(18,19)11-7-13/h3-5,12-13,16H,6-11H2,1-2H3. The van der Waals surface area contributed by atoms with Gasteiger partial charge in [-0.25, -0.2) is 8.42 Å². The van der Waals surface area contributed by atoms with Crippen LogP contribution in [0.3, 0.4) is 0 Å². The molecule has 1 fully saturated rings. The summed E-state index contributed by atoms with van der Waals surface area (Å²) < 4.78 is 28.6. The van der Waals surface area contributed by atoms with E-state index in [0.29, 0.717) is 19.4 Å². The number of nitrogens with one attached hydrogen (secondary N) is 1. The minimum absolute atomic E-state index is 0.227. The predicted octanol–water partition coefficient (Wildman–Crippen LogP) is 1.62. The lowest BCUT2D eigenvalue weighted by Crippen LogP contribution is -2.32. The molecular weight excluding hydrogens is 288 g/mol. The lowest BCUT2D eigenvalue weighted by Gasteiger charge is -2.24. The van der Waals surface area contributed by atoms with Crippen LogP contribution in [0.4, 0.5) is 5.69 Å². The van der Waals surface area contributed by atoms with Crippen molar-refractivity contribution in [1.82, 2.24) is 4.90 Å². The molecule has 1 aromatic carbocycles. The fourth-order valence-electron chi connectivity index (χ4n) is 2.29. The quantitative estimate of drug-likeness (QED) is 0.865. The number of likely N-dealkylation sites (N-methyl/N-ethyl adjacent to an activating group) is 1. The summed E-state index contributed by atoms with van der Waals surface area (Å²) >= 11 is 0. The molecule has 6 heteroatoms. The van der Waals surface area contributed by atoms with Crippen LogP contribution >= 0.6 is 0 Å². The summed E-state index contributed by atoms with van der Waals surface area (Å²) in [5, 5.41) is 3.40. The van der Waals surface area contributed by atoms with Crippen LogP contribution in [-0.2, 0) is 9.84 Å². The molecule has 5 nitrogen and oxygen atoms in total. The Morgan fingerprint density at radius 2 is 2.00 bits per heavy atom. The molecule has 1 saturated heterocycles. The van der Waals surface area contributed by atoms with Gasteiger partial charge in [-0.15, -0.1) is 0 Å². The Morgan fingerprint density at radius 3 is 2.67 bits per heavy atom. The van der Waals surface area contributed by atoms with Gasteiger partial charge in [-0.3, -0.25) is 0 Å². The van der Waals surface area contributed by atoms with Crippen molar-refractivity contribution in [3.05, 3.63) is 24.3 Å². The van der Waals surface area contributed by atoms with Crippen molar-refractivity contribution in [3.8, 4) is 5.75 Å². The lowest BCUT2D eigenvalue weighted by molar-refractivity contribution is 0.261. The summed E-state index contributed by atoms with van der Waals surface area (Å²) in [6.07, 6.45) is 1.35. The van der Waals surface area contributed by atoms with Crippen LogP contribution in [0.2, 0.25) is 0 Å². The third-order valence-electron chi connectivity index (χ3n) is 3.57. The highest BCUT2D eigenvalue weighted by molar-refractivity contribution is 7.91. The Hall–Kier alpha value is -1.27. The maximum atomic E-state index is 11.4. The maximum Gasteiger partial charge on any atom is 0.150 e. The average Bonchev–Trinajstić information content (AvgIpc) is 2.41. The fourth-order valence-corrected chi connectivity index (χ4v) is 3.78. The monoisotopic (exact) mass is 312 g/mol. The van der Waals surface area contributed by atoms with Gasteiger partial charge in [-0.05, 0) is 39.1 Å². The van der Waals surface area contributed by atoms with Gasteiger partial charge in [0.25, 0.3) is 0 Å². The summed E-state index contributed by atoms with van der Waals surface area (Å²) in [6.45, 7) is 1.52. The Morgan fingerprint density at radius 1 is 1.29 bits per heavy atom. The van der Waals surface area contributed by atoms with Crippen molar-refractivity contribution in [3.63, 3.8) is 0 Å². The zero-order valence-corrected chi connectivity index (χ0v) is 13.5. The molecule has 118 valence electrons. The SMILES string of the molecule is CN(C)CCOc1cccc(NC2CCS(=O)(=O)CC2)c1. The first kappa shape index (κ1) is 16.1. The van der Waals surface area contributed by atoms with Crippen LogP contribution in [0, 0.1) is 0 Å². The second-order valence-corrected chi connectivity index (χ2v) is 8.05. The third kappa shape index (κ3) is 5.55. The lowest BCUT2D eigenvalue weighted by atomic mass is 10.1. The topological polar surface area (TPSA) is 58.6 Å². The molecule has 1 aliphatic heterocycles. The molecule has 0 spiro atoms. The van der Waals surface area contributed by atoms with Gasteiger partial charge in [-0.1, -0.05) is 6.07 Å². The van der Waals surface area contributed by atoms with Crippen LogP contribution in [0.15, 0.2) is 24.3 Å². The smallest absolute Gasteiger partial charge is 0.150 e. The number of nitrogens with zero attached hydrogens (tertiary/aromatic N) is 1. The number of sulfone groups is 1. The molecular formula is C15H24N2O3S. The zero-order valence-electron chi connectivity index (χ0n) is 12.7. The van der Waals surface area contributed by atoms with E-state index in [1.165, 1.54) is 0 Å². The highest BCUT2D eigenvalue weighted by Crippen LogP contribution is 2.21. The van der Waals surface area contributed by atoms with Crippen LogP contribution in [0.25, 0.3) is 0 Å². The van der Waals surface area contributed by atoms with Crippen LogP contribution < -0.4 is 10.1 Å². The van der Waals surface area contributed by atoms with E-state index in [4.69, 9.17) is 4.74 Å². The zero-order chi connectivity index (χ0) is 15.3. The fraction of sp³-hybridized carbons (Fsp3) is 0.600. The van der Waals surface area contributed by atoms with Crippen molar-refractivity contribution in [2.45, 2.75) is 18.9 Å². The average molecular weight is 312 g/mol. The first-order valence-corrected chi connectivity index (χ1v) is 9.11. The predicted molar refractivity (Wildman–Crippen MR) is 85.8 cm³/mol. The number of ether oxygens (including phenoxy) is 1. The van der Waals surface area contributed by atoms with Crippen molar-refractivity contribution in [2.24, 2.45) is 0 Å². The van der Waals surface area contributed by atoms with E-state index in [1.807, 2.05) is 38.4 Å². The largest absolute Gasteiger partial charge is 0.492 e. The highest BCUT2D eigenvalue weighted by atomic mass is 32.2. The summed E-state index contributed by atoms with van der Waals surface area (Å²) in [5.41, 5.74) is 0.988. The molecule has 2 rings (SSSR count). The minimum atomic E-state index is -2.81. The number of anilines is 1. The maximum absolute atomic E-state index is 11.4. The molecule has 1 heterocycles. The first-order valence-electron chi connectivity index (χ1n) is 7.29. The Kier molecular flexibility index (Phi) is 5.47. The molecule has 1 N–H and O–H groups in total. The van der Waals surface area contributed by atoms with Crippen LogP contribution in [0.1, 0.15) is 12.8 Å². The van der Waals surface area contributed by atoms with E-state index in [1.54, 1.807) is 0 Å². The van der Waals surface area contributed by atoms with Crippen molar-refractivity contribution in [1.29, 1.82) is 0 Å². The first-order chi connectivity index (χ1) is 9.94. The van der Waals surface area contributed by atoms with Gasteiger partial charge in [0.1, 0.15) is 22.2 Å². The molecule has 21 heavy (non-hydrogen) atoms. The van der Waals surface area contributed by atoms with E-state index in [0.717, 1.165) is 18.0 Å².